The van der Waals surface area contributed by atoms with Crippen LogP contribution in [-0.2, 0) is 42.7 Å². The molecule has 4 rings (SSSR count). The maximum absolute atomic E-state index is 12.8. The van der Waals surface area contributed by atoms with Crippen molar-refractivity contribution in [2.45, 2.75) is 137 Å². The van der Waals surface area contributed by atoms with Gasteiger partial charge in [-0.25, -0.2) is 9.59 Å². The second-order valence-electron chi connectivity index (χ2n) is 18.0. The standard InChI is InChI=1S/C23H31NO3S.C22H29NO4S/c1-15-8-10-16(11-9-15)14-17(21(26)27-23(5,6)7)24-20(25)18-12-13-19(28-18)22(2,3)4;1-21(2,3)18-12-11-17(28-18)19(25)23-16(20(26)27-22(4,5)6)13-14-7-9-15(24)10-8-14/h8-13,17H,14H2,1-7H3,(H,24,25);7-12,16,24H,13H2,1-6H3,(H,23,25)/t17-;16-/m00/s1. The van der Waals surface area contributed by atoms with Crippen LogP contribution in [0.3, 0.4) is 0 Å². The Balaban J connectivity index is 0.000000300. The number of esters is 2. The summed E-state index contributed by atoms with van der Waals surface area (Å²) in [6.45, 7) is 25.5. The Labute approximate surface area is 341 Å². The Morgan fingerprint density at radius 1 is 0.554 bits per heavy atom. The molecule has 9 nitrogen and oxygen atoms in total. The van der Waals surface area contributed by atoms with Gasteiger partial charge in [0, 0.05) is 22.6 Å². The average molecular weight is 805 g/mol. The van der Waals surface area contributed by atoms with Crippen molar-refractivity contribution < 1.29 is 33.8 Å². The van der Waals surface area contributed by atoms with Crippen molar-refractivity contribution >= 4 is 46.4 Å². The normalized spacial score (nSPS) is 13.1. The Kier molecular flexibility index (Phi) is 15.3. The Bertz CT molecular complexity index is 1790. The number of ether oxygens (including phenoxy) is 2. The lowest BCUT2D eigenvalue weighted by molar-refractivity contribution is -0.158. The Morgan fingerprint density at radius 3 is 1.20 bits per heavy atom. The zero-order chi connectivity index (χ0) is 42.2. The second-order valence-corrected chi connectivity index (χ2v) is 20.2. The van der Waals surface area contributed by atoms with Crippen molar-refractivity contribution in [2.75, 3.05) is 0 Å². The summed E-state index contributed by atoms with van der Waals surface area (Å²) in [6.07, 6.45) is 0.664. The number of carbonyl (C=O) groups excluding carboxylic acids is 4. The highest BCUT2D eigenvalue weighted by Gasteiger charge is 2.30. The SMILES string of the molecule is CC(C)(C)OC(=O)[C@H](Cc1ccc(O)cc1)NC(=O)c1ccc(C(C)(C)C)s1.Cc1ccc(C[C@H](NC(=O)c2ccc(C(C)(C)C)s2)C(=O)OC(C)(C)C)cc1. The van der Waals surface area contributed by atoms with Crippen LogP contribution in [0.1, 0.15) is 129 Å². The number of nitrogens with one attached hydrogen (secondary N) is 2. The van der Waals surface area contributed by atoms with E-state index in [0.717, 1.165) is 26.4 Å². The number of amides is 2. The largest absolute Gasteiger partial charge is 0.508 e. The van der Waals surface area contributed by atoms with Crippen molar-refractivity contribution in [3.63, 3.8) is 0 Å². The van der Waals surface area contributed by atoms with E-state index in [2.05, 4.69) is 52.2 Å². The van der Waals surface area contributed by atoms with Gasteiger partial charge in [0.25, 0.3) is 11.8 Å². The smallest absolute Gasteiger partial charge is 0.329 e. The van der Waals surface area contributed by atoms with Gasteiger partial charge < -0.3 is 25.2 Å². The zero-order valence-corrected chi connectivity index (χ0v) is 36.8. The van der Waals surface area contributed by atoms with E-state index >= 15 is 0 Å². The van der Waals surface area contributed by atoms with Crippen molar-refractivity contribution in [1.82, 2.24) is 10.6 Å². The highest BCUT2D eigenvalue weighted by Crippen LogP contribution is 2.31. The van der Waals surface area contributed by atoms with Crippen molar-refractivity contribution in [3.05, 3.63) is 109 Å². The number of aromatic hydroxyl groups is 1. The third-order valence-electron chi connectivity index (χ3n) is 8.07. The van der Waals surface area contributed by atoms with Gasteiger partial charge in [-0.05, 0) is 107 Å². The first-order valence-electron chi connectivity index (χ1n) is 18.8. The van der Waals surface area contributed by atoms with E-state index in [1.165, 1.54) is 22.7 Å². The number of carbonyl (C=O) groups is 4. The van der Waals surface area contributed by atoms with E-state index < -0.39 is 35.2 Å². The molecule has 11 heteroatoms. The third-order valence-corrected chi connectivity index (χ3v) is 11.1. The van der Waals surface area contributed by atoms with Gasteiger partial charge in [0.1, 0.15) is 29.0 Å². The number of benzene rings is 2. The molecule has 4 aromatic rings. The summed E-state index contributed by atoms with van der Waals surface area (Å²) in [6, 6.07) is 20.5. The number of aryl methyl sites for hydroxylation is 1. The molecule has 0 spiro atoms. The van der Waals surface area contributed by atoms with Crippen LogP contribution in [0.15, 0.2) is 72.8 Å². The lowest BCUT2D eigenvalue weighted by atomic mass is 9.95. The van der Waals surface area contributed by atoms with Crippen LogP contribution in [0, 0.1) is 6.92 Å². The molecule has 2 amide bonds. The maximum Gasteiger partial charge on any atom is 0.329 e. The van der Waals surface area contributed by atoms with Gasteiger partial charge in [-0.3, -0.25) is 9.59 Å². The Morgan fingerprint density at radius 2 is 0.893 bits per heavy atom. The highest BCUT2D eigenvalue weighted by atomic mass is 32.1. The van der Waals surface area contributed by atoms with E-state index in [9.17, 15) is 24.3 Å². The molecular weight excluding hydrogens is 745 g/mol. The lowest BCUT2D eigenvalue weighted by Gasteiger charge is -2.24. The van der Waals surface area contributed by atoms with Crippen LogP contribution in [-0.4, -0.2) is 52.1 Å². The number of phenolic OH excluding ortho intramolecular Hbond substituents is 1. The molecule has 2 aromatic carbocycles. The minimum atomic E-state index is -0.823. The van der Waals surface area contributed by atoms with Gasteiger partial charge in [-0.1, -0.05) is 83.5 Å². The first kappa shape index (κ1) is 45.9. The van der Waals surface area contributed by atoms with Crippen LogP contribution in [0.5, 0.6) is 5.75 Å². The molecule has 0 radical (unpaired) electrons. The monoisotopic (exact) mass is 804 g/mol. The van der Waals surface area contributed by atoms with Crippen LogP contribution in [0.2, 0.25) is 0 Å². The fraction of sp³-hybridized carbons (Fsp3) is 0.467. The van der Waals surface area contributed by atoms with E-state index in [0.29, 0.717) is 16.2 Å². The van der Waals surface area contributed by atoms with Gasteiger partial charge in [0.15, 0.2) is 0 Å². The molecule has 304 valence electrons. The maximum atomic E-state index is 12.8. The lowest BCUT2D eigenvalue weighted by Crippen LogP contribution is -2.45. The molecule has 3 N–H and O–H groups in total. The van der Waals surface area contributed by atoms with E-state index in [-0.39, 0.29) is 34.8 Å². The molecule has 0 bridgehead atoms. The van der Waals surface area contributed by atoms with E-state index in [1.807, 2.05) is 70.2 Å². The molecule has 0 aliphatic heterocycles. The summed E-state index contributed by atoms with van der Waals surface area (Å²) in [4.78, 5) is 54.4. The van der Waals surface area contributed by atoms with Crippen LogP contribution < -0.4 is 10.6 Å². The summed E-state index contributed by atoms with van der Waals surface area (Å²) < 4.78 is 11.0. The molecule has 2 aromatic heterocycles. The van der Waals surface area contributed by atoms with Gasteiger partial charge >= 0.3 is 11.9 Å². The predicted octanol–water partition coefficient (Wildman–Crippen LogP) is 9.47. The summed E-state index contributed by atoms with van der Waals surface area (Å²) in [5.74, 6) is -1.30. The van der Waals surface area contributed by atoms with Gasteiger partial charge in [0.05, 0.1) is 9.75 Å². The highest BCUT2D eigenvalue weighted by molar-refractivity contribution is 7.14. The minimum Gasteiger partial charge on any atom is -0.508 e. The summed E-state index contributed by atoms with van der Waals surface area (Å²) in [7, 11) is 0. The van der Waals surface area contributed by atoms with Crippen molar-refractivity contribution in [2.24, 2.45) is 0 Å². The molecular formula is C45H60N2O7S2. The first-order valence-corrected chi connectivity index (χ1v) is 20.4. The Hall–Kier alpha value is -4.48. The number of hydrogen-bond acceptors (Lipinski definition) is 9. The van der Waals surface area contributed by atoms with Crippen molar-refractivity contribution in [1.29, 1.82) is 0 Å². The van der Waals surface area contributed by atoms with E-state index in [1.54, 1.807) is 51.1 Å². The number of hydrogen-bond donors (Lipinski definition) is 3. The first-order chi connectivity index (χ1) is 25.7. The third kappa shape index (κ3) is 15.2. The quantitative estimate of drug-likeness (QED) is 0.136. The number of phenols is 1. The van der Waals surface area contributed by atoms with Gasteiger partial charge in [0.2, 0.25) is 0 Å². The molecule has 0 saturated carbocycles. The molecule has 0 fully saturated rings. The van der Waals surface area contributed by atoms with Gasteiger partial charge in [-0.2, -0.15) is 0 Å². The summed E-state index contributed by atoms with van der Waals surface area (Å²) >= 11 is 2.88. The fourth-order valence-electron chi connectivity index (χ4n) is 5.14. The minimum absolute atomic E-state index is 0.0182. The molecule has 2 atom stereocenters. The molecule has 56 heavy (non-hydrogen) atoms. The summed E-state index contributed by atoms with van der Waals surface area (Å²) in [5.41, 5.74) is 1.61. The number of thiophene rings is 2. The molecule has 2 heterocycles. The average Bonchev–Trinajstić information content (AvgIpc) is 3.77. The number of rotatable bonds is 10. The zero-order valence-electron chi connectivity index (χ0n) is 35.2. The molecule has 0 saturated heterocycles. The molecule has 0 aliphatic rings. The predicted molar refractivity (Wildman–Crippen MR) is 227 cm³/mol. The van der Waals surface area contributed by atoms with Crippen LogP contribution in [0.4, 0.5) is 0 Å². The van der Waals surface area contributed by atoms with Crippen LogP contribution in [0.25, 0.3) is 0 Å². The fourth-order valence-corrected chi connectivity index (χ4v) is 7.08. The second kappa shape index (κ2) is 18.6. The summed E-state index contributed by atoms with van der Waals surface area (Å²) in [5, 5.41) is 15.2. The molecule has 0 unspecified atom stereocenters. The van der Waals surface area contributed by atoms with Gasteiger partial charge in [-0.15, -0.1) is 22.7 Å². The topological polar surface area (TPSA) is 131 Å². The van der Waals surface area contributed by atoms with Crippen LogP contribution >= 0.6 is 22.7 Å². The van der Waals surface area contributed by atoms with E-state index in [4.69, 9.17) is 9.47 Å². The van der Waals surface area contributed by atoms with Crippen molar-refractivity contribution in [3.8, 4) is 5.75 Å². The molecule has 0 aliphatic carbocycles.